The van der Waals surface area contributed by atoms with Crippen molar-refractivity contribution in [2.75, 3.05) is 5.73 Å². The third-order valence-corrected chi connectivity index (χ3v) is 4.11. The highest BCUT2D eigenvalue weighted by Crippen LogP contribution is 2.17. The largest absolute Gasteiger partial charge is 0.399 e. The molecule has 17 heavy (non-hydrogen) atoms. The minimum absolute atomic E-state index is 0.183. The summed E-state index contributed by atoms with van der Waals surface area (Å²) < 4.78 is 39.8. The maximum atomic E-state index is 13.5. The highest BCUT2D eigenvalue weighted by atomic mass is 32.2. The normalized spacial score (nSPS) is 12.0. The lowest BCUT2D eigenvalue weighted by Gasteiger charge is -2.15. The van der Waals surface area contributed by atoms with Gasteiger partial charge >= 0.3 is 0 Å². The summed E-state index contributed by atoms with van der Waals surface area (Å²) in [5.74, 6) is -0.830. The van der Waals surface area contributed by atoms with Crippen molar-refractivity contribution in [3.63, 3.8) is 0 Å². The summed E-state index contributed by atoms with van der Waals surface area (Å²) in [6.07, 6.45) is 1.32. The summed E-state index contributed by atoms with van der Waals surface area (Å²) in [4.78, 5) is -0.362. The van der Waals surface area contributed by atoms with Gasteiger partial charge in [-0.05, 0) is 31.0 Å². The number of hydrogen-bond acceptors (Lipinski definition) is 3. The topological polar surface area (TPSA) is 72.2 Å². The van der Waals surface area contributed by atoms with Gasteiger partial charge in [0.25, 0.3) is 0 Å². The van der Waals surface area contributed by atoms with E-state index in [1.807, 2.05) is 13.8 Å². The fraction of sp³-hybridized carbons (Fsp3) is 0.455. The molecule has 0 radical (unpaired) electrons. The summed E-state index contributed by atoms with van der Waals surface area (Å²) in [5.41, 5.74) is 5.57. The molecule has 1 aromatic carbocycles. The second kappa shape index (κ2) is 5.46. The van der Waals surface area contributed by atoms with Gasteiger partial charge in [0.1, 0.15) is 10.7 Å². The Morgan fingerprint density at radius 3 is 2.41 bits per heavy atom. The number of halogens is 1. The van der Waals surface area contributed by atoms with E-state index in [1.165, 1.54) is 12.1 Å². The molecule has 1 rings (SSSR count). The maximum absolute atomic E-state index is 13.5. The minimum atomic E-state index is -3.81. The Morgan fingerprint density at radius 2 is 1.94 bits per heavy atom. The van der Waals surface area contributed by atoms with Crippen LogP contribution in [0.15, 0.2) is 23.1 Å². The van der Waals surface area contributed by atoms with Crippen molar-refractivity contribution in [1.29, 1.82) is 0 Å². The molecule has 0 atom stereocenters. The molecule has 0 bridgehead atoms. The van der Waals surface area contributed by atoms with Gasteiger partial charge in [-0.15, -0.1) is 0 Å². The third-order valence-electron chi connectivity index (χ3n) is 2.55. The number of hydrogen-bond donors (Lipinski definition) is 2. The van der Waals surface area contributed by atoms with Crippen LogP contribution < -0.4 is 10.5 Å². The van der Waals surface area contributed by atoms with Crippen LogP contribution in [0.4, 0.5) is 10.1 Å². The molecule has 0 aliphatic heterocycles. The van der Waals surface area contributed by atoms with Crippen molar-refractivity contribution in [3.05, 3.63) is 24.0 Å². The average molecular weight is 260 g/mol. The first-order valence-corrected chi connectivity index (χ1v) is 6.96. The molecule has 0 amide bonds. The molecule has 0 aliphatic carbocycles. The van der Waals surface area contributed by atoms with Gasteiger partial charge < -0.3 is 5.73 Å². The standard InChI is InChI=1S/C11H17FN2O2S/c1-3-9(4-2)14-17(15,16)11-6-5-8(13)7-10(11)12/h5-7,9,14H,3-4,13H2,1-2H3. The summed E-state index contributed by atoms with van der Waals surface area (Å²) >= 11 is 0. The fourth-order valence-corrected chi connectivity index (χ4v) is 2.94. The van der Waals surface area contributed by atoms with Gasteiger partial charge in [-0.25, -0.2) is 17.5 Å². The summed E-state index contributed by atoms with van der Waals surface area (Å²) in [7, 11) is -3.81. The smallest absolute Gasteiger partial charge is 0.243 e. The molecular weight excluding hydrogens is 243 g/mol. The molecule has 0 spiro atoms. The summed E-state index contributed by atoms with van der Waals surface area (Å²) in [6.45, 7) is 3.74. The van der Waals surface area contributed by atoms with Crippen molar-refractivity contribution >= 4 is 15.7 Å². The molecule has 1 aromatic rings. The van der Waals surface area contributed by atoms with Crippen LogP contribution in [0.1, 0.15) is 26.7 Å². The first-order valence-electron chi connectivity index (χ1n) is 5.48. The SMILES string of the molecule is CCC(CC)NS(=O)(=O)c1ccc(N)cc1F. The number of rotatable bonds is 5. The highest BCUT2D eigenvalue weighted by Gasteiger charge is 2.21. The van der Waals surface area contributed by atoms with E-state index >= 15 is 0 Å². The molecule has 4 nitrogen and oxygen atoms in total. The Kier molecular flexibility index (Phi) is 4.47. The van der Waals surface area contributed by atoms with Crippen molar-refractivity contribution in [3.8, 4) is 0 Å². The zero-order chi connectivity index (χ0) is 13.1. The first-order chi connectivity index (χ1) is 7.90. The molecule has 3 N–H and O–H groups in total. The first kappa shape index (κ1) is 13.9. The van der Waals surface area contributed by atoms with Crippen LogP contribution in [-0.2, 0) is 10.0 Å². The number of nitrogens with one attached hydrogen (secondary N) is 1. The number of nitrogens with two attached hydrogens (primary N) is 1. The van der Waals surface area contributed by atoms with Gasteiger partial charge in [0.2, 0.25) is 10.0 Å². The number of anilines is 1. The second-order valence-corrected chi connectivity index (χ2v) is 5.51. The van der Waals surface area contributed by atoms with Crippen LogP contribution in [0.2, 0.25) is 0 Å². The lowest BCUT2D eigenvalue weighted by Crippen LogP contribution is -2.34. The molecule has 0 aromatic heterocycles. The molecule has 0 aliphatic rings. The number of nitrogen functional groups attached to an aromatic ring is 1. The summed E-state index contributed by atoms with van der Waals surface area (Å²) in [6, 6.07) is 3.36. The Balaban J connectivity index is 3.05. The Labute approximate surface area is 101 Å². The quantitative estimate of drug-likeness (QED) is 0.794. The third kappa shape index (κ3) is 3.41. The summed E-state index contributed by atoms with van der Waals surface area (Å²) in [5, 5.41) is 0. The molecular formula is C11H17FN2O2S. The molecule has 0 heterocycles. The van der Waals surface area contributed by atoms with Gasteiger partial charge in [-0.1, -0.05) is 13.8 Å². The average Bonchev–Trinajstić information content (AvgIpc) is 2.25. The van der Waals surface area contributed by atoms with Crippen molar-refractivity contribution in [2.45, 2.75) is 37.6 Å². The molecule has 0 unspecified atom stereocenters. The van der Waals surface area contributed by atoms with E-state index in [-0.39, 0.29) is 16.6 Å². The van der Waals surface area contributed by atoms with Gasteiger partial charge in [0.05, 0.1) is 0 Å². The van der Waals surface area contributed by atoms with Crippen molar-refractivity contribution in [2.24, 2.45) is 0 Å². The Bertz CT molecular complexity index is 484. The zero-order valence-corrected chi connectivity index (χ0v) is 10.7. The van der Waals surface area contributed by atoms with E-state index in [9.17, 15) is 12.8 Å². The van der Waals surface area contributed by atoms with Crippen molar-refractivity contribution < 1.29 is 12.8 Å². The zero-order valence-electron chi connectivity index (χ0n) is 9.90. The number of sulfonamides is 1. The Morgan fingerprint density at radius 1 is 1.35 bits per heavy atom. The van der Waals surface area contributed by atoms with Gasteiger partial charge in [-0.2, -0.15) is 0 Å². The monoisotopic (exact) mass is 260 g/mol. The van der Waals surface area contributed by atoms with E-state index < -0.39 is 15.8 Å². The molecule has 0 fully saturated rings. The fourth-order valence-electron chi connectivity index (χ4n) is 1.47. The van der Waals surface area contributed by atoms with Crippen LogP contribution in [0, 0.1) is 5.82 Å². The lowest BCUT2D eigenvalue weighted by molar-refractivity contribution is 0.520. The van der Waals surface area contributed by atoms with Gasteiger partial charge in [0.15, 0.2) is 0 Å². The van der Waals surface area contributed by atoms with E-state index in [0.29, 0.717) is 12.8 Å². The molecule has 0 saturated carbocycles. The van der Waals surface area contributed by atoms with Crippen LogP contribution in [0.5, 0.6) is 0 Å². The maximum Gasteiger partial charge on any atom is 0.243 e. The predicted octanol–water partition coefficient (Wildman–Crippen LogP) is 1.87. The molecule has 96 valence electrons. The molecule has 6 heteroatoms. The van der Waals surface area contributed by atoms with Gasteiger partial charge in [-0.3, -0.25) is 0 Å². The van der Waals surface area contributed by atoms with Gasteiger partial charge in [0, 0.05) is 11.7 Å². The van der Waals surface area contributed by atoms with E-state index in [1.54, 1.807) is 0 Å². The van der Waals surface area contributed by atoms with E-state index in [0.717, 1.165) is 6.07 Å². The van der Waals surface area contributed by atoms with Crippen molar-refractivity contribution in [1.82, 2.24) is 4.72 Å². The predicted molar refractivity (Wildman–Crippen MR) is 65.5 cm³/mol. The molecule has 0 saturated heterocycles. The second-order valence-electron chi connectivity index (χ2n) is 3.82. The highest BCUT2D eigenvalue weighted by molar-refractivity contribution is 7.89. The van der Waals surface area contributed by atoms with E-state index in [2.05, 4.69) is 4.72 Å². The lowest BCUT2D eigenvalue weighted by atomic mass is 10.2. The van der Waals surface area contributed by atoms with E-state index in [4.69, 9.17) is 5.73 Å². The van der Waals surface area contributed by atoms with Crippen LogP contribution in [0.3, 0.4) is 0 Å². The minimum Gasteiger partial charge on any atom is -0.399 e. The van der Waals surface area contributed by atoms with Crippen LogP contribution in [-0.4, -0.2) is 14.5 Å². The van der Waals surface area contributed by atoms with Crippen LogP contribution >= 0.6 is 0 Å². The van der Waals surface area contributed by atoms with Crippen LogP contribution in [0.25, 0.3) is 0 Å². The Hall–Kier alpha value is -1.14. The number of benzene rings is 1.